The number of hydrogen-bond donors (Lipinski definition) is 1. The topological polar surface area (TPSA) is 55.6 Å². The van der Waals surface area contributed by atoms with Crippen LogP contribution in [0.4, 0.5) is 0 Å². The number of carbonyl (C=O) groups is 1. The van der Waals surface area contributed by atoms with Crippen molar-refractivity contribution >= 4 is 17.5 Å². The normalized spacial score (nSPS) is 12.3. The highest BCUT2D eigenvalue weighted by Crippen LogP contribution is 2.23. The minimum Gasteiger partial charge on any atom is -0.492 e. The summed E-state index contributed by atoms with van der Waals surface area (Å²) < 4.78 is 5.57. The van der Waals surface area contributed by atoms with Gasteiger partial charge >= 0.3 is 0 Å². The third-order valence-electron chi connectivity index (χ3n) is 3.71. The highest BCUT2D eigenvalue weighted by atomic mass is 35.5. The molecular formula is C17H27ClN2O2. The van der Waals surface area contributed by atoms with Gasteiger partial charge in [-0.05, 0) is 30.9 Å². The number of halogens is 1. The minimum atomic E-state index is 0.124. The average molecular weight is 327 g/mol. The van der Waals surface area contributed by atoms with Crippen molar-refractivity contribution in [2.24, 2.45) is 11.7 Å². The number of para-hydroxylation sites is 1. The molecule has 0 fully saturated rings. The van der Waals surface area contributed by atoms with Crippen molar-refractivity contribution in [1.82, 2.24) is 4.90 Å². The average Bonchev–Trinajstić information content (AvgIpc) is 2.49. The third kappa shape index (κ3) is 6.67. The molecule has 1 amide bonds. The molecule has 0 spiro atoms. The predicted octanol–water partition coefficient (Wildman–Crippen LogP) is 3.33. The molecule has 0 aliphatic rings. The van der Waals surface area contributed by atoms with Crippen molar-refractivity contribution in [3.63, 3.8) is 0 Å². The van der Waals surface area contributed by atoms with Crippen molar-refractivity contribution in [2.45, 2.75) is 39.2 Å². The number of ether oxygens (including phenoxy) is 1. The smallest absolute Gasteiger partial charge is 0.222 e. The lowest BCUT2D eigenvalue weighted by molar-refractivity contribution is -0.130. The maximum atomic E-state index is 12.0. The second-order valence-corrected chi connectivity index (χ2v) is 6.30. The van der Waals surface area contributed by atoms with Gasteiger partial charge in [0.05, 0.1) is 11.6 Å². The van der Waals surface area contributed by atoms with Gasteiger partial charge in [0.2, 0.25) is 5.91 Å². The number of hydrogen-bond acceptors (Lipinski definition) is 3. The lowest BCUT2D eigenvalue weighted by atomic mass is 10.0. The van der Waals surface area contributed by atoms with Crippen LogP contribution in [0, 0.1) is 5.92 Å². The Morgan fingerprint density at radius 1 is 1.36 bits per heavy atom. The molecule has 0 saturated heterocycles. The molecule has 22 heavy (non-hydrogen) atoms. The van der Waals surface area contributed by atoms with Gasteiger partial charge in [0.25, 0.3) is 0 Å². The summed E-state index contributed by atoms with van der Waals surface area (Å²) >= 11 is 6.00. The zero-order valence-corrected chi connectivity index (χ0v) is 14.5. The number of benzene rings is 1. The molecule has 1 aromatic carbocycles. The molecule has 1 aromatic rings. The second kappa shape index (κ2) is 9.70. The fraction of sp³-hybridized carbons (Fsp3) is 0.588. The van der Waals surface area contributed by atoms with Crippen molar-refractivity contribution in [3.8, 4) is 5.75 Å². The molecule has 0 heterocycles. The summed E-state index contributed by atoms with van der Waals surface area (Å²) in [5, 5.41) is 0.591. The van der Waals surface area contributed by atoms with Crippen LogP contribution >= 0.6 is 11.6 Å². The first kappa shape index (κ1) is 18.8. The van der Waals surface area contributed by atoms with Gasteiger partial charge in [0.15, 0.2) is 0 Å². The van der Waals surface area contributed by atoms with E-state index in [0.717, 1.165) is 6.42 Å². The van der Waals surface area contributed by atoms with Crippen LogP contribution in [0.1, 0.15) is 33.1 Å². The van der Waals surface area contributed by atoms with Crippen LogP contribution in [0.3, 0.4) is 0 Å². The summed E-state index contributed by atoms with van der Waals surface area (Å²) in [6, 6.07) is 7.48. The molecule has 0 radical (unpaired) electrons. The van der Waals surface area contributed by atoms with Crippen molar-refractivity contribution in [2.75, 3.05) is 20.2 Å². The van der Waals surface area contributed by atoms with E-state index in [9.17, 15) is 4.79 Å². The Bertz CT molecular complexity index is 466. The summed E-state index contributed by atoms with van der Waals surface area (Å²) in [5.41, 5.74) is 5.99. The van der Waals surface area contributed by atoms with Crippen LogP contribution < -0.4 is 10.5 Å². The fourth-order valence-corrected chi connectivity index (χ4v) is 2.15. The maximum Gasteiger partial charge on any atom is 0.222 e. The van der Waals surface area contributed by atoms with Crippen LogP contribution in [0.2, 0.25) is 5.02 Å². The Morgan fingerprint density at radius 2 is 2.05 bits per heavy atom. The Morgan fingerprint density at radius 3 is 2.68 bits per heavy atom. The highest BCUT2D eigenvalue weighted by molar-refractivity contribution is 6.32. The molecular weight excluding hydrogens is 300 g/mol. The standard InChI is InChI=1S/C17H27ClN2O2/c1-13(2)15(19)10-11-20(3)17(21)9-6-12-22-16-8-5-4-7-14(16)18/h4-5,7-8,13,15H,6,9-12,19H2,1-3H3. The third-order valence-corrected chi connectivity index (χ3v) is 4.02. The number of carbonyl (C=O) groups excluding carboxylic acids is 1. The Balaban J connectivity index is 2.21. The van der Waals surface area contributed by atoms with Crippen molar-refractivity contribution in [3.05, 3.63) is 29.3 Å². The van der Waals surface area contributed by atoms with Crippen LogP contribution in [0.5, 0.6) is 5.75 Å². The second-order valence-electron chi connectivity index (χ2n) is 5.89. The molecule has 0 aliphatic heterocycles. The van der Waals surface area contributed by atoms with Gasteiger partial charge < -0.3 is 15.4 Å². The van der Waals surface area contributed by atoms with E-state index in [0.29, 0.717) is 42.7 Å². The van der Waals surface area contributed by atoms with E-state index >= 15 is 0 Å². The Kier molecular flexibility index (Phi) is 8.28. The summed E-state index contributed by atoms with van der Waals surface area (Å²) in [6.45, 7) is 5.37. The summed E-state index contributed by atoms with van der Waals surface area (Å²) in [5.74, 6) is 1.22. The summed E-state index contributed by atoms with van der Waals surface area (Å²) in [7, 11) is 1.82. The summed E-state index contributed by atoms with van der Waals surface area (Å²) in [6.07, 6.45) is 1.97. The number of nitrogens with two attached hydrogens (primary N) is 1. The van der Waals surface area contributed by atoms with E-state index in [2.05, 4.69) is 13.8 Å². The molecule has 5 heteroatoms. The van der Waals surface area contributed by atoms with Gasteiger partial charge in [-0.3, -0.25) is 4.79 Å². The lowest BCUT2D eigenvalue weighted by Crippen LogP contribution is -2.34. The first-order valence-corrected chi connectivity index (χ1v) is 8.16. The Hall–Kier alpha value is -1.26. The van der Waals surface area contributed by atoms with E-state index in [1.807, 2.05) is 25.2 Å². The van der Waals surface area contributed by atoms with Crippen LogP contribution in [-0.2, 0) is 4.79 Å². The number of rotatable bonds is 9. The van der Waals surface area contributed by atoms with E-state index in [1.54, 1.807) is 11.0 Å². The van der Waals surface area contributed by atoms with Crippen LogP contribution in [0.15, 0.2) is 24.3 Å². The largest absolute Gasteiger partial charge is 0.492 e. The van der Waals surface area contributed by atoms with Crippen LogP contribution in [0.25, 0.3) is 0 Å². The molecule has 0 bridgehead atoms. The van der Waals surface area contributed by atoms with E-state index in [1.165, 1.54) is 0 Å². The highest BCUT2D eigenvalue weighted by Gasteiger charge is 2.12. The molecule has 0 aromatic heterocycles. The van der Waals surface area contributed by atoms with E-state index in [-0.39, 0.29) is 11.9 Å². The van der Waals surface area contributed by atoms with Gasteiger partial charge in [0, 0.05) is 26.1 Å². The SMILES string of the molecule is CC(C)C(N)CCN(C)C(=O)CCCOc1ccccc1Cl. The molecule has 0 aliphatic carbocycles. The van der Waals surface area contributed by atoms with E-state index < -0.39 is 0 Å². The first-order valence-electron chi connectivity index (χ1n) is 7.78. The molecule has 1 atom stereocenters. The Labute approximate surface area is 138 Å². The molecule has 1 rings (SSSR count). The lowest BCUT2D eigenvalue weighted by Gasteiger charge is -2.21. The molecule has 1 unspecified atom stereocenters. The number of nitrogens with zero attached hydrogens (tertiary/aromatic N) is 1. The van der Waals surface area contributed by atoms with Crippen molar-refractivity contribution in [1.29, 1.82) is 0 Å². The zero-order chi connectivity index (χ0) is 16.5. The zero-order valence-electron chi connectivity index (χ0n) is 13.7. The minimum absolute atomic E-state index is 0.124. The molecule has 124 valence electrons. The van der Waals surface area contributed by atoms with E-state index in [4.69, 9.17) is 22.1 Å². The first-order chi connectivity index (χ1) is 10.4. The molecule has 4 nitrogen and oxygen atoms in total. The maximum absolute atomic E-state index is 12.0. The predicted molar refractivity (Wildman–Crippen MR) is 91.2 cm³/mol. The van der Waals surface area contributed by atoms with Gasteiger partial charge in [-0.1, -0.05) is 37.6 Å². The number of amides is 1. The van der Waals surface area contributed by atoms with Crippen molar-refractivity contribution < 1.29 is 9.53 Å². The van der Waals surface area contributed by atoms with Gasteiger partial charge in [-0.2, -0.15) is 0 Å². The van der Waals surface area contributed by atoms with Gasteiger partial charge in [0.1, 0.15) is 5.75 Å². The van der Waals surface area contributed by atoms with Gasteiger partial charge in [-0.15, -0.1) is 0 Å². The molecule has 2 N–H and O–H groups in total. The molecule has 0 saturated carbocycles. The monoisotopic (exact) mass is 326 g/mol. The quantitative estimate of drug-likeness (QED) is 0.708. The van der Waals surface area contributed by atoms with Crippen LogP contribution in [-0.4, -0.2) is 37.0 Å². The fourth-order valence-electron chi connectivity index (χ4n) is 1.96. The van der Waals surface area contributed by atoms with Gasteiger partial charge in [-0.25, -0.2) is 0 Å². The summed E-state index contributed by atoms with van der Waals surface area (Å²) in [4.78, 5) is 13.8.